The molecular weight excluding hydrogens is 556 g/mol. The average molecular weight is 589 g/mol. The molecule has 0 saturated carbocycles. The zero-order valence-electron chi connectivity index (χ0n) is 23.6. The molecule has 0 aliphatic heterocycles. The number of hydrogen-bond donors (Lipinski definition) is 0. The first-order valence-corrected chi connectivity index (χ1v) is 14.1. The van der Waals surface area contributed by atoms with Crippen LogP contribution < -0.4 is 0 Å². The Labute approximate surface area is 249 Å². The number of rotatable bonds is 11. The van der Waals surface area contributed by atoms with Gasteiger partial charge in [-0.15, -0.1) is 11.6 Å². The van der Waals surface area contributed by atoms with Crippen LogP contribution in [0.1, 0.15) is 56.8 Å². The minimum atomic E-state index is -0.341. The van der Waals surface area contributed by atoms with Gasteiger partial charge in [-0.05, 0) is 42.2 Å². The third kappa shape index (κ3) is 8.90. The number of hydrogen-bond acceptors (Lipinski definition) is 7. The standard InChI is InChI=1S/C17H18N4O2.C14H15ClN2O2/c1-2-23-17(22)16-10-19-21(13-16)12-15-6-4-14(5-7-15)11-20-9-3-8-18-20;1-2-19-14(18)13-8-16-17(10-13)9-12-5-3-11(7-15)4-6-12/h3-10,13H,2,11-12H2,1H3;3-6,8,10H,2,7,9H2,1H3. The summed E-state index contributed by atoms with van der Waals surface area (Å²) in [5, 5.41) is 12.5. The van der Waals surface area contributed by atoms with Crippen LogP contribution in [-0.4, -0.2) is 54.5 Å². The van der Waals surface area contributed by atoms with E-state index in [1.807, 2.05) is 41.2 Å². The Morgan fingerprint density at radius 1 is 0.667 bits per heavy atom. The summed E-state index contributed by atoms with van der Waals surface area (Å²) in [6.45, 7) is 6.27. The lowest BCUT2D eigenvalue weighted by molar-refractivity contribution is 0.0516. The molecule has 0 atom stereocenters. The molecule has 2 aromatic carbocycles. The lowest BCUT2D eigenvalue weighted by Crippen LogP contribution is -2.04. The Kier molecular flexibility index (Phi) is 11.1. The lowest BCUT2D eigenvalue weighted by atomic mass is 10.1. The Bertz CT molecular complexity index is 1540. The van der Waals surface area contributed by atoms with Crippen molar-refractivity contribution in [2.45, 2.75) is 39.4 Å². The van der Waals surface area contributed by atoms with Gasteiger partial charge in [-0.3, -0.25) is 14.0 Å². The van der Waals surface area contributed by atoms with E-state index in [4.69, 9.17) is 21.1 Å². The Balaban J connectivity index is 0.000000197. The number of esters is 2. The maximum absolute atomic E-state index is 11.6. The zero-order chi connectivity index (χ0) is 29.7. The van der Waals surface area contributed by atoms with Crippen molar-refractivity contribution < 1.29 is 19.1 Å². The van der Waals surface area contributed by atoms with E-state index in [-0.39, 0.29) is 11.9 Å². The van der Waals surface area contributed by atoms with Crippen LogP contribution in [0.25, 0.3) is 0 Å². The normalized spacial score (nSPS) is 10.5. The van der Waals surface area contributed by atoms with Crippen LogP contribution in [0.3, 0.4) is 0 Å². The second-order valence-electron chi connectivity index (χ2n) is 9.26. The summed E-state index contributed by atoms with van der Waals surface area (Å²) in [7, 11) is 0. The summed E-state index contributed by atoms with van der Waals surface area (Å²) in [4.78, 5) is 23.1. The molecule has 0 saturated heterocycles. The molecule has 11 heteroatoms. The van der Waals surface area contributed by atoms with Crippen LogP contribution in [0.15, 0.2) is 91.8 Å². The van der Waals surface area contributed by atoms with Crippen molar-refractivity contribution >= 4 is 23.5 Å². The summed E-state index contributed by atoms with van der Waals surface area (Å²) in [6.07, 6.45) is 10.2. The highest BCUT2D eigenvalue weighted by Gasteiger charge is 2.10. The fourth-order valence-corrected chi connectivity index (χ4v) is 4.16. The van der Waals surface area contributed by atoms with Crippen LogP contribution in [-0.2, 0) is 35.0 Å². The smallest absolute Gasteiger partial charge is 0.341 e. The van der Waals surface area contributed by atoms with Crippen molar-refractivity contribution in [1.82, 2.24) is 29.3 Å². The largest absolute Gasteiger partial charge is 0.462 e. The van der Waals surface area contributed by atoms with E-state index in [2.05, 4.69) is 39.6 Å². The van der Waals surface area contributed by atoms with E-state index < -0.39 is 0 Å². The molecule has 0 aliphatic rings. The summed E-state index contributed by atoms with van der Waals surface area (Å²) in [5.74, 6) is -0.172. The highest BCUT2D eigenvalue weighted by atomic mass is 35.5. The van der Waals surface area contributed by atoms with Crippen LogP contribution in [0.5, 0.6) is 0 Å². The number of aromatic nitrogens is 6. The van der Waals surface area contributed by atoms with E-state index in [1.54, 1.807) is 41.8 Å². The number of nitrogens with zero attached hydrogens (tertiary/aromatic N) is 6. The summed E-state index contributed by atoms with van der Waals surface area (Å²) >= 11 is 5.74. The van der Waals surface area contributed by atoms with Crippen LogP contribution in [0.2, 0.25) is 0 Å². The minimum Gasteiger partial charge on any atom is -0.462 e. The maximum Gasteiger partial charge on any atom is 0.341 e. The van der Waals surface area contributed by atoms with Gasteiger partial charge >= 0.3 is 11.9 Å². The number of carbonyl (C=O) groups excluding carboxylic acids is 2. The van der Waals surface area contributed by atoms with Gasteiger partial charge in [-0.1, -0.05) is 48.5 Å². The summed E-state index contributed by atoms with van der Waals surface area (Å²) < 4.78 is 15.2. The lowest BCUT2D eigenvalue weighted by Gasteiger charge is -2.05. The fourth-order valence-electron chi connectivity index (χ4n) is 3.98. The van der Waals surface area contributed by atoms with Gasteiger partial charge in [-0.25, -0.2) is 9.59 Å². The van der Waals surface area contributed by atoms with Crippen molar-refractivity contribution in [3.63, 3.8) is 0 Å². The third-order valence-electron chi connectivity index (χ3n) is 6.08. The second kappa shape index (κ2) is 15.3. The molecule has 5 aromatic rings. The van der Waals surface area contributed by atoms with Gasteiger partial charge in [0.25, 0.3) is 0 Å². The number of alkyl halides is 1. The third-order valence-corrected chi connectivity index (χ3v) is 6.39. The predicted octanol–water partition coefficient (Wildman–Crippen LogP) is 5.20. The van der Waals surface area contributed by atoms with Crippen LogP contribution in [0, 0.1) is 0 Å². The van der Waals surface area contributed by atoms with Crippen molar-refractivity contribution in [3.8, 4) is 0 Å². The molecule has 0 fully saturated rings. The molecule has 0 bridgehead atoms. The van der Waals surface area contributed by atoms with Gasteiger partial charge < -0.3 is 9.47 Å². The highest BCUT2D eigenvalue weighted by molar-refractivity contribution is 6.17. The molecule has 3 aromatic heterocycles. The first-order chi connectivity index (χ1) is 20.5. The van der Waals surface area contributed by atoms with Crippen molar-refractivity contribution in [1.29, 1.82) is 0 Å². The molecule has 0 radical (unpaired) electrons. The molecule has 42 heavy (non-hydrogen) atoms. The number of ether oxygens (including phenoxy) is 2. The van der Waals surface area contributed by atoms with E-state index in [9.17, 15) is 9.59 Å². The Hall–Kier alpha value is -4.70. The molecule has 0 unspecified atom stereocenters. The van der Waals surface area contributed by atoms with E-state index >= 15 is 0 Å². The maximum atomic E-state index is 11.6. The molecule has 0 aliphatic carbocycles. The molecule has 10 nitrogen and oxygen atoms in total. The van der Waals surface area contributed by atoms with Crippen LogP contribution in [0.4, 0.5) is 0 Å². The first kappa shape index (κ1) is 30.3. The van der Waals surface area contributed by atoms with Crippen molar-refractivity contribution in [2.75, 3.05) is 13.2 Å². The predicted molar refractivity (Wildman–Crippen MR) is 158 cm³/mol. The molecule has 5 rings (SSSR count). The van der Waals surface area contributed by atoms with E-state index in [0.29, 0.717) is 43.3 Å². The Morgan fingerprint density at radius 3 is 1.48 bits per heavy atom. The van der Waals surface area contributed by atoms with Crippen molar-refractivity contribution in [2.24, 2.45) is 0 Å². The van der Waals surface area contributed by atoms with Gasteiger partial charge in [-0.2, -0.15) is 15.3 Å². The van der Waals surface area contributed by atoms with Crippen LogP contribution >= 0.6 is 11.6 Å². The fraction of sp³-hybridized carbons (Fsp3) is 0.258. The molecule has 0 amide bonds. The topological polar surface area (TPSA) is 106 Å². The second-order valence-corrected chi connectivity index (χ2v) is 9.53. The number of benzene rings is 2. The molecular formula is C31H33ClN6O4. The average Bonchev–Trinajstić information content (AvgIpc) is 3.78. The number of carbonyl (C=O) groups is 2. The van der Waals surface area contributed by atoms with Gasteiger partial charge in [0.05, 0.1) is 56.4 Å². The van der Waals surface area contributed by atoms with Gasteiger partial charge in [0.1, 0.15) is 0 Å². The molecule has 218 valence electrons. The van der Waals surface area contributed by atoms with Gasteiger partial charge in [0.15, 0.2) is 0 Å². The molecule has 3 heterocycles. The monoisotopic (exact) mass is 588 g/mol. The SMILES string of the molecule is CCOC(=O)c1cnn(Cc2ccc(CCl)cc2)c1.CCOC(=O)c1cnn(Cc2ccc(Cn3cccn3)cc2)c1. The van der Waals surface area contributed by atoms with Crippen molar-refractivity contribution in [3.05, 3.63) is 125 Å². The minimum absolute atomic E-state index is 0.340. The van der Waals surface area contributed by atoms with E-state index in [1.165, 1.54) is 18.0 Å². The van der Waals surface area contributed by atoms with Gasteiger partial charge in [0.2, 0.25) is 0 Å². The summed E-state index contributed by atoms with van der Waals surface area (Å²) in [6, 6.07) is 18.2. The summed E-state index contributed by atoms with van der Waals surface area (Å²) in [5.41, 5.74) is 5.43. The van der Waals surface area contributed by atoms with E-state index in [0.717, 1.165) is 23.2 Å². The molecule has 0 N–H and O–H groups in total. The van der Waals surface area contributed by atoms with Gasteiger partial charge in [0, 0.05) is 30.7 Å². The number of halogens is 1. The Morgan fingerprint density at radius 2 is 1.10 bits per heavy atom. The molecule has 0 spiro atoms. The zero-order valence-corrected chi connectivity index (χ0v) is 24.4. The first-order valence-electron chi connectivity index (χ1n) is 13.6. The highest BCUT2D eigenvalue weighted by Crippen LogP contribution is 2.10. The quantitative estimate of drug-likeness (QED) is 0.154.